The maximum atomic E-state index is 14.0. The number of aliphatic imine (C=N–C) groups is 1. The topological polar surface area (TPSA) is 17.3 Å². The van der Waals surface area contributed by atoms with Crippen molar-refractivity contribution in [3.05, 3.63) is 39.4 Å². The van der Waals surface area contributed by atoms with Crippen LogP contribution in [0.3, 0.4) is 0 Å². The Hall–Kier alpha value is -1.65. The summed E-state index contributed by atoms with van der Waals surface area (Å²) >= 11 is 0. The van der Waals surface area contributed by atoms with E-state index < -0.39 is 7.40 Å². The first kappa shape index (κ1) is 21.7. The molecule has 0 N–H and O–H groups in total. The summed E-state index contributed by atoms with van der Waals surface area (Å²) in [4.78, 5) is 4.79. The van der Waals surface area contributed by atoms with E-state index in [0.29, 0.717) is 11.4 Å². The van der Waals surface area contributed by atoms with Crippen molar-refractivity contribution in [3.63, 3.8) is 0 Å². The first-order valence-electron chi connectivity index (χ1n) is 10.2. The number of nitrogens with zero attached hydrogens (tertiary/aromatic N) is 2. The van der Waals surface area contributed by atoms with E-state index in [2.05, 4.69) is 20.8 Å². The van der Waals surface area contributed by atoms with Crippen molar-refractivity contribution < 1.29 is 8.63 Å². The molecule has 0 atom stereocenters. The number of aromatic nitrogens is 1. The Morgan fingerprint density at radius 2 is 1.59 bits per heavy atom. The quantitative estimate of drug-likeness (QED) is 0.439. The zero-order valence-corrected chi connectivity index (χ0v) is 18.0. The molecular formula is C22H33BF2N2. The molecule has 0 saturated carbocycles. The fraction of sp³-hybridized carbons (Fsp3) is 0.591. The van der Waals surface area contributed by atoms with Crippen molar-refractivity contribution in [2.75, 3.05) is 0 Å². The van der Waals surface area contributed by atoms with Gasteiger partial charge in [-0.2, -0.15) is 0 Å². The Morgan fingerprint density at radius 1 is 1.00 bits per heavy atom. The van der Waals surface area contributed by atoms with Crippen LogP contribution in [0.15, 0.2) is 21.8 Å². The summed E-state index contributed by atoms with van der Waals surface area (Å²) in [5.74, 6) is 0. The molecule has 0 fully saturated rings. The number of hydrogen-bond donors (Lipinski definition) is 0. The zero-order valence-electron chi connectivity index (χ0n) is 18.0. The SMILES string of the molecule is CCCCC1=C(C)/C(=C(\C)c2c(C)c(CCCC)c(C)n2B(F)F)N=C1C. The zero-order chi connectivity index (χ0) is 20.3. The van der Waals surface area contributed by atoms with Gasteiger partial charge in [-0.05, 0) is 88.1 Å². The summed E-state index contributed by atoms with van der Waals surface area (Å²) < 4.78 is 29.1. The van der Waals surface area contributed by atoms with E-state index in [-0.39, 0.29) is 0 Å². The van der Waals surface area contributed by atoms with Crippen LogP contribution in [-0.2, 0) is 6.42 Å². The van der Waals surface area contributed by atoms with Gasteiger partial charge in [0.15, 0.2) is 0 Å². The fourth-order valence-electron chi connectivity index (χ4n) is 4.27. The van der Waals surface area contributed by atoms with Gasteiger partial charge in [-0.15, -0.1) is 0 Å². The molecule has 2 rings (SSSR count). The molecule has 148 valence electrons. The molecule has 0 aliphatic carbocycles. The molecular weight excluding hydrogens is 341 g/mol. The number of hydrogen-bond acceptors (Lipinski definition) is 1. The molecule has 0 radical (unpaired) electrons. The molecule has 0 saturated heterocycles. The predicted molar refractivity (Wildman–Crippen MR) is 114 cm³/mol. The van der Waals surface area contributed by atoms with Crippen LogP contribution >= 0.6 is 0 Å². The van der Waals surface area contributed by atoms with Crippen LogP contribution in [0.25, 0.3) is 5.57 Å². The molecule has 1 aromatic heterocycles. The van der Waals surface area contributed by atoms with Crippen LogP contribution in [0.5, 0.6) is 0 Å². The van der Waals surface area contributed by atoms with E-state index in [0.717, 1.165) is 72.2 Å². The van der Waals surface area contributed by atoms with Crippen LogP contribution in [0.4, 0.5) is 8.63 Å². The highest BCUT2D eigenvalue weighted by Gasteiger charge is 2.30. The van der Waals surface area contributed by atoms with Crippen molar-refractivity contribution in [1.29, 1.82) is 0 Å². The number of halogens is 2. The highest BCUT2D eigenvalue weighted by Crippen LogP contribution is 2.37. The molecule has 0 bridgehead atoms. The van der Waals surface area contributed by atoms with Crippen molar-refractivity contribution in [2.24, 2.45) is 4.99 Å². The lowest BCUT2D eigenvalue weighted by molar-refractivity contribution is 0.623. The third kappa shape index (κ3) is 4.12. The summed E-state index contributed by atoms with van der Waals surface area (Å²) in [6.07, 6.45) is 6.18. The van der Waals surface area contributed by atoms with Crippen LogP contribution in [0, 0.1) is 13.8 Å². The summed E-state index contributed by atoms with van der Waals surface area (Å²) in [5, 5.41) is 0. The highest BCUT2D eigenvalue weighted by atomic mass is 19.2. The lowest BCUT2D eigenvalue weighted by atomic mass is 9.96. The summed E-state index contributed by atoms with van der Waals surface area (Å²) in [6, 6.07) is 0. The number of unbranched alkanes of at least 4 members (excludes halogenated alkanes) is 2. The Bertz CT molecular complexity index is 798. The van der Waals surface area contributed by atoms with Gasteiger partial charge in [0.25, 0.3) is 0 Å². The minimum atomic E-state index is -2.54. The molecule has 1 aliphatic heterocycles. The molecule has 1 aromatic rings. The van der Waals surface area contributed by atoms with Gasteiger partial charge in [-0.3, -0.25) is 13.6 Å². The molecule has 27 heavy (non-hydrogen) atoms. The Labute approximate surface area is 163 Å². The van der Waals surface area contributed by atoms with Crippen molar-refractivity contribution >= 4 is 18.7 Å². The fourth-order valence-corrected chi connectivity index (χ4v) is 4.27. The van der Waals surface area contributed by atoms with E-state index in [9.17, 15) is 8.63 Å². The Morgan fingerprint density at radius 3 is 2.15 bits per heavy atom. The van der Waals surface area contributed by atoms with Gasteiger partial charge in [-0.25, -0.2) is 0 Å². The second-order valence-corrected chi connectivity index (χ2v) is 7.67. The van der Waals surface area contributed by atoms with Gasteiger partial charge >= 0.3 is 7.40 Å². The van der Waals surface area contributed by atoms with Crippen molar-refractivity contribution in [2.45, 2.75) is 87.0 Å². The molecule has 0 unspecified atom stereocenters. The first-order valence-corrected chi connectivity index (χ1v) is 10.2. The van der Waals surface area contributed by atoms with Gasteiger partial charge in [0.05, 0.1) is 5.70 Å². The van der Waals surface area contributed by atoms with E-state index in [1.54, 1.807) is 0 Å². The van der Waals surface area contributed by atoms with Crippen molar-refractivity contribution in [1.82, 2.24) is 4.48 Å². The maximum absolute atomic E-state index is 14.0. The Balaban J connectivity index is 2.63. The van der Waals surface area contributed by atoms with Gasteiger partial charge in [0.2, 0.25) is 0 Å². The average molecular weight is 374 g/mol. The third-order valence-corrected chi connectivity index (χ3v) is 5.84. The van der Waals surface area contributed by atoms with E-state index in [1.807, 2.05) is 27.7 Å². The molecule has 0 spiro atoms. The third-order valence-electron chi connectivity index (χ3n) is 5.84. The monoisotopic (exact) mass is 374 g/mol. The standard InChI is InChI=1S/C22H33BF2N2/c1-8-10-12-19-14(3)21(26-17(19)6)16(5)22-15(4)20(13-11-9-2)18(7)27(22)23(24)25/h8-13H2,1-7H3/b21-16-. The maximum Gasteiger partial charge on any atom is 0.677 e. The summed E-state index contributed by atoms with van der Waals surface area (Å²) in [7, 11) is -2.54. The van der Waals surface area contributed by atoms with Crippen LogP contribution in [0.2, 0.25) is 0 Å². The second kappa shape index (κ2) is 9.03. The van der Waals surface area contributed by atoms with Gasteiger partial charge < -0.3 is 4.48 Å². The van der Waals surface area contributed by atoms with Crippen LogP contribution in [-0.4, -0.2) is 17.6 Å². The molecule has 0 aromatic carbocycles. The minimum Gasteiger partial charge on any atom is -0.329 e. The number of rotatable bonds is 8. The Kier molecular flexibility index (Phi) is 7.24. The van der Waals surface area contributed by atoms with Gasteiger partial charge in [-0.1, -0.05) is 26.7 Å². The molecule has 2 heterocycles. The lowest BCUT2D eigenvalue weighted by Crippen LogP contribution is -2.18. The van der Waals surface area contributed by atoms with Gasteiger partial charge in [0.1, 0.15) is 0 Å². The minimum absolute atomic E-state index is 0.649. The lowest BCUT2D eigenvalue weighted by Gasteiger charge is -2.12. The highest BCUT2D eigenvalue weighted by molar-refractivity contribution is 6.41. The largest absolute Gasteiger partial charge is 0.677 e. The number of allylic oxidation sites excluding steroid dienone is 3. The predicted octanol–water partition coefficient (Wildman–Crippen LogP) is 6.93. The molecule has 1 aliphatic rings. The van der Waals surface area contributed by atoms with Crippen molar-refractivity contribution in [3.8, 4) is 0 Å². The van der Waals surface area contributed by atoms with Gasteiger partial charge in [0, 0.05) is 17.1 Å². The van der Waals surface area contributed by atoms with E-state index in [1.165, 1.54) is 10.1 Å². The van der Waals surface area contributed by atoms with E-state index >= 15 is 0 Å². The molecule has 0 amide bonds. The average Bonchev–Trinajstić information content (AvgIpc) is 3.04. The second-order valence-electron chi connectivity index (χ2n) is 7.67. The first-order chi connectivity index (χ1) is 12.8. The summed E-state index contributed by atoms with van der Waals surface area (Å²) in [6.45, 7) is 14.2. The molecule has 2 nitrogen and oxygen atoms in total. The summed E-state index contributed by atoms with van der Waals surface area (Å²) in [5.41, 5.74) is 8.59. The van der Waals surface area contributed by atoms with Crippen LogP contribution < -0.4 is 0 Å². The molecule has 5 heteroatoms. The normalized spacial score (nSPS) is 16.3. The van der Waals surface area contributed by atoms with E-state index in [4.69, 9.17) is 4.99 Å². The van der Waals surface area contributed by atoms with Crippen LogP contribution in [0.1, 0.15) is 89.2 Å². The smallest absolute Gasteiger partial charge is 0.329 e.